The van der Waals surface area contributed by atoms with Crippen molar-refractivity contribution in [1.29, 1.82) is 0 Å². The van der Waals surface area contributed by atoms with Crippen molar-refractivity contribution in [3.05, 3.63) is 0 Å². The zero-order chi connectivity index (χ0) is 11.1. The van der Waals surface area contributed by atoms with Gasteiger partial charge in [-0.15, -0.1) is 0 Å². The molecule has 1 aliphatic carbocycles. The summed E-state index contributed by atoms with van der Waals surface area (Å²) in [5.41, 5.74) is 0. The number of rotatable bonds is 6. The van der Waals surface area contributed by atoms with E-state index >= 15 is 0 Å². The number of Topliss-reactive ketones (excluding diaryl/α,β-unsaturated/α-hetero) is 1. The van der Waals surface area contributed by atoms with Gasteiger partial charge in [0, 0.05) is 6.42 Å². The highest BCUT2D eigenvalue weighted by Crippen LogP contribution is 2.27. The highest BCUT2D eigenvalue weighted by atomic mass is 16.1. The van der Waals surface area contributed by atoms with Gasteiger partial charge >= 0.3 is 0 Å². The van der Waals surface area contributed by atoms with Crippen LogP contribution in [-0.4, -0.2) is 18.4 Å². The van der Waals surface area contributed by atoms with Gasteiger partial charge in [-0.3, -0.25) is 4.79 Å². The van der Waals surface area contributed by atoms with Crippen molar-refractivity contribution < 1.29 is 4.79 Å². The van der Waals surface area contributed by atoms with E-state index in [1.165, 1.54) is 32.1 Å². The number of carbonyl (C=O) groups is 1. The maximum Gasteiger partial charge on any atom is 0.149 e. The lowest BCUT2D eigenvalue weighted by atomic mass is 9.84. The van der Waals surface area contributed by atoms with Crippen LogP contribution >= 0.6 is 0 Å². The lowest BCUT2D eigenvalue weighted by molar-refractivity contribution is -0.121. The minimum Gasteiger partial charge on any atom is -0.308 e. The summed E-state index contributed by atoms with van der Waals surface area (Å²) in [6, 6.07) is 0.128. The van der Waals surface area contributed by atoms with Crippen LogP contribution in [0.5, 0.6) is 0 Å². The third-order valence-corrected chi connectivity index (χ3v) is 3.48. The first-order chi connectivity index (χ1) is 7.27. The summed E-state index contributed by atoms with van der Waals surface area (Å²) in [5.74, 6) is 1.18. The van der Waals surface area contributed by atoms with Crippen LogP contribution in [0, 0.1) is 5.92 Å². The minimum atomic E-state index is 0.128. The van der Waals surface area contributed by atoms with E-state index in [2.05, 4.69) is 12.2 Å². The number of likely N-dealkylation sites (N-methyl/N-ethyl adjacent to an activating group) is 1. The van der Waals surface area contributed by atoms with E-state index in [0.717, 1.165) is 18.9 Å². The third-order valence-electron chi connectivity index (χ3n) is 3.48. The van der Waals surface area contributed by atoms with Crippen LogP contribution in [0.25, 0.3) is 0 Å². The molecule has 0 radical (unpaired) electrons. The van der Waals surface area contributed by atoms with Crippen molar-refractivity contribution >= 4 is 5.78 Å². The Kier molecular flexibility index (Phi) is 5.92. The number of nitrogens with one attached hydrogen (secondary N) is 1. The van der Waals surface area contributed by atoms with Crippen molar-refractivity contribution in [3.63, 3.8) is 0 Å². The fourth-order valence-electron chi connectivity index (χ4n) is 2.58. The molecule has 0 heterocycles. The number of hydrogen-bond acceptors (Lipinski definition) is 2. The highest BCUT2D eigenvalue weighted by Gasteiger charge is 2.22. The molecular formula is C13H25NO. The molecule has 0 bridgehead atoms. The van der Waals surface area contributed by atoms with E-state index in [0.29, 0.717) is 12.2 Å². The molecule has 2 heteroatoms. The molecule has 0 aromatic heterocycles. The number of carbonyl (C=O) groups excluding carboxylic acids is 1. The normalized spacial score (nSPS) is 20.1. The average molecular weight is 211 g/mol. The first-order valence-electron chi connectivity index (χ1n) is 6.54. The molecule has 1 atom stereocenters. The lowest BCUT2D eigenvalue weighted by Gasteiger charge is -2.26. The number of ketones is 1. The molecule has 0 saturated heterocycles. The summed E-state index contributed by atoms with van der Waals surface area (Å²) in [5, 5.41) is 3.33. The van der Waals surface area contributed by atoms with E-state index in [1.54, 1.807) is 0 Å². The monoisotopic (exact) mass is 211 g/mol. The van der Waals surface area contributed by atoms with Gasteiger partial charge in [-0.2, -0.15) is 0 Å². The molecule has 1 aliphatic rings. The Hall–Kier alpha value is -0.370. The van der Waals surface area contributed by atoms with Gasteiger partial charge in [0.05, 0.1) is 6.04 Å². The molecule has 2 nitrogen and oxygen atoms in total. The predicted molar refractivity (Wildman–Crippen MR) is 64.0 cm³/mol. The molecule has 0 aromatic rings. The second-order valence-electron chi connectivity index (χ2n) is 4.67. The zero-order valence-corrected chi connectivity index (χ0v) is 10.2. The summed E-state index contributed by atoms with van der Waals surface area (Å²) in [7, 11) is 0. The Labute approximate surface area is 93.8 Å². The minimum absolute atomic E-state index is 0.128. The Morgan fingerprint density at radius 2 is 1.93 bits per heavy atom. The standard InChI is InChI=1S/C13H25NO/c1-3-13(15)12(14-4-2)10-11-8-6-5-7-9-11/h11-12,14H,3-10H2,1-2H3. The molecule has 0 amide bonds. The fraction of sp³-hybridized carbons (Fsp3) is 0.923. The van der Waals surface area contributed by atoms with E-state index in [1.807, 2.05) is 6.92 Å². The van der Waals surface area contributed by atoms with Crippen molar-refractivity contribution in [2.24, 2.45) is 5.92 Å². The largest absolute Gasteiger partial charge is 0.308 e. The Balaban J connectivity index is 2.38. The van der Waals surface area contributed by atoms with E-state index in [-0.39, 0.29) is 6.04 Å². The summed E-state index contributed by atoms with van der Waals surface area (Å²) in [4.78, 5) is 11.7. The smallest absolute Gasteiger partial charge is 0.149 e. The van der Waals surface area contributed by atoms with Crippen molar-refractivity contribution in [2.45, 2.75) is 64.8 Å². The van der Waals surface area contributed by atoms with E-state index < -0.39 is 0 Å². The van der Waals surface area contributed by atoms with Gasteiger partial charge < -0.3 is 5.32 Å². The topological polar surface area (TPSA) is 29.1 Å². The first-order valence-corrected chi connectivity index (χ1v) is 6.54. The molecular weight excluding hydrogens is 186 g/mol. The molecule has 1 unspecified atom stereocenters. The molecule has 1 fully saturated rings. The third kappa shape index (κ3) is 4.33. The maximum absolute atomic E-state index is 11.7. The van der Waals surface area contributed by atoms with Gasteiger partial charge in [0.25, 0.3) is 0 Å². The molecule has 88 valence electrons. The molecule has 0 aromatic carbocycles. The average Bonchev–Trinajstić information content (AvgIpc) is 2.29. The summed E-state index contributed by atoms with van der Waals surface area (Å²) < 4.78 is 0. The van der Waals surface area contributed by atoms with Crippen LogP contribution in [0.2, 0.25) is 0 Å². The Bertz CT molecular complexity index is 185. The Morgan fingerprint density at radius 3 is 2.47 bits per heavy atom. The molecule has 0 spiro atoms. The molecule has 1 saturated carbocycles. The van der Waals surface area contributed by atoms with Crippen molar-refractivity contribution in [2.75, 3.05) is 6.54 Å². The van der Waals surface area contributed by atoms with Gasteiger partial charge in [-0.25, -0.2) is 0 Å². The fourth-order valence-corrected chi connectivity index (χ4v) is 2.58. The van der Waals surface area contributed by atoms with E-state index in [4.69, 9.17) is 0 Å². The van der Waals surface area contributed by atoms with Crippen LogP contribution in [0.1, 0.15) is 58.8 Å². The summed E-state index contributed by atoms with van der Waals surface area (Å²) in [6.07, 6.45) is 8.53. The summed E-state index contributed by atoms with van der Waals surface area (Å²) >= 11 is 0. The Morgan fingerprint density at radius 1 is 1.27 bits per heavy atom. The van der Waals surface area contributed by atoms with Crippen LogP contribution in [0.4, 0.5) is 0 Å². The molecule has 0 aliphatic heterocycles. The van der Waals surface area contributed by atoms with Gasteiger partial charge in [-0.1, -0.05) is 46.0 Å². The van der Waals surface area contributed by atoms with Gasteiger partial charge in [-0.05, 0) is 18.9 Å². The van der Waals surface area contributed by atoms with Crippen molar-refractivity contribution in [1.82, 2.24) is 5.32 Å². The second kappa shape index (κ2) is 7.00. The lowest BCUT2D eigenvalue weighted by Crippen LogP contribution is -2.38. The van der Waals surface area contributed by atoms with Crippen LogP contribution in [0.15, 0.2) is 0 Å². The number of hydrogen-bond donors (Lipinski definition) is 1. The van der Waals surface area contributed by atoms with Crippen molar-refractivity contribution in [3.8, 4) is 0 Å². The van der Waals surface area contributed by atoms with Crippen LogP contribution in [0.3, 0.4) is 0 Å². The predicted octanol–water partition coefficient (Wildman–Crippen LogP) is 2.91. The zero-order valence-electron chi connectivity index (χ0n) is 10.2. The first kappa shape index (κ1) is 12.7. The highest BCUT2D eigenvalue weighted by molar-refractivity contribution is 5.83. The van der Waals surface area contributed by atoms with Gasteiger partial charge in [0.2, 0.25) is 0 Å². The molecule has 1 rings (SSSR count). The second-order valence-corrected chi connectivity index (χ2v) is 4.67. The van der Waals surface area contributed by atoms with Crippen LogP contribution < -0.4 is 5.32 Å². The quantitative estimate of drug-likeness (QED) is 0.732. The van der Waals surface area contributed by atoms with E-state index in [9.17, 15) is 4.79 Å². The maximum atomic E-state index is 11.7. The van der Waals surface area contributed by atoms with Gasteiger partial charge in [0.15, 0.2) is 0 Å². The van der Waals surface area contributed by atoms with Crippen LogP contribution in [-0.2, 0) is 4.79 Å². The summed E-state index contributed by atoms with van der Waals surface area (Å²) in [6.45, 7) is 4.95. The SMILES string of the molecule is CCNC(CC1CCCCC1)C(=O)CC. The molecule has 15 heavy (non-hydrogen) atoms. The molecule has 1 N–H and O–H groups in total. The van der Waals surface area contributed by atoms with Gasteiger partial charge in [0.1, 0.15) is 5.78 Å².